The van der Waals surface area contributed by atoms with Crippen molar-refractivity contribution in [2.45, 2.75) is 31.7 Å². The number of nitrogens with one attached hydrogen (secondary N) is 2. The second-order valence-corrected chi connectivity index (χ2v) is 6.25. The molecule has 1 rings (SSSR count). The van der Waals surface area contributed by atoms with Crippen LogP contribution in [0.3, 0.4) is 0 Å². The van der Waals surface area contributed by atoms with Gasteiger partial charge in [-0.15, -0.1) is 12.4 Å². The smallest absolute Gasteiger partial charge is 0.269 e. The SMILES string of the molecule is CCN[C@H](C)CNS(=O)(=O)c1ccc([N+](=O)[O-])cc1C.Cl. The Hall–Kier alpha value is -1.22. The molecule has 120 valence electrons. The third kappa shape index (κ3) is 5.58. The summed E-state index contributed by atoms with van der Waals surface area (Å²) < 4.78 is 26.8. The van der Waals surface area contributed by atoms with Crippen LogP contribution in [-0.2, 0) is 10.0 Å². The van der Waals surface area contributed by atoms with E-state index in [0.29, 0.717) is 5.56 Å². The molecule has 0 spiro atoms. The van der Waals surface area contributed by atoms with Crippen molar-refractivity contribution < 1.29 is 13.3 Å². The van der Waals surface area contributed by atoms with E-state index in [9.17, 15) is 18.5 Å². The number of aryl methyl sites for hydroxylation is 1. The molecule has 9 heteroatoms. The molecule has 1 aromatic carbocycles. The molecule has 0 aliphatic carbocycles. The summed E-state index contributed by atoms with van der Waals surface area (Å²) in [5.74, 6) is 0. The molecule has 0 bridgehead atoms. The van der Waals surface area contributed by atoms with E-state index in [0.717, 1.165) is 6.54 Å². The summed E-state index contributed by atoms with van der Waals surface area (Å²) in [5.41, 5.74) is 0.227. The summed E-state index contributed by atoms with van der Waals surface area (Å²) in [6, 6.07) is 3.71. The molecule has 0 unspecified atom stereocenters. The number of nitrogens with zero attached hydrogens (tertiary/aromatic N) is 1. The van der Waals surface area contributed by atoms with Crippen molar-refractivity contribution in [2.24, 2.45) is 0 Å². The van der Waals surface area contributed by atoms with Crippen molar-refractivity contribution >= 4 is 28.1 Å². The molecule has 1 aromatic rings. The Morgan fingerprint density at radius 2 is 2.00 bits per heavy atom. The van der Waals surface area contributed by atoms with Crippen LogP contribution in [-0.4, -0.2) is 32.5 Å². The zero-order valence-corrected chi connectivity index (χ0v) is 13.8. The van der Waals surface area contributed by atoms with Crippen LogP contribution in [0.4, 0.5) is 5.69 Å². The number of nitro groups is 1. The maximum atomic E-state index is 12.1. The molecule has 0 saturated carbocycles. The molecule has 0 radical (unpaired) electrons. The second-order valence-electron chi connectivity index (χ2n) is 4.52. The van der Waals surface area contributed by atoms with Crippen LogP contribution in [0.5, 0.6) is 0 Å². The van der Waals surface area contributed by atoms with Crippen molar-refractivity contribution in [3.63, 3.8) is 0 Å². The molecular formula is C12H20ClN3O4S. The zero-order chi connectivity index (χ0) is 15.3. The van der Waals surface area contributed by atoms with Crippen LogP contribution in [0, 0.1) is 17.0 Å². The molecule has 21 heavy (non-hydrogen) atoms. The van der Waals surface area contributed by atoms with Gasteiger partial charge in [-0.25, -0.2) is 13.1 Å². The molecule has 0 heterocycles. The number of halogens is 1. The number of hydrogen-bond donors (Lipinski definition) is 2. The van der Waals surface area contributed by atoms with Crippen LogP contribution >= 0.6 is 12.4 Å². The summed E-state index contributed by atoms with van der Waals surface area (Å²) in [5, 5.41) is 13.7. The average Bonchev–Trinajstić information content (AvgIpc) is 2.36. The standard InChI is InChI=1S/C12H19N3O4S.ClH/c1-4-13-10(3)8-14-20(18,19)12-6-5-11(15(16)17)7-9(12)2;/h5-7,10,13-14H,4,8H2,1-3H3;1H/t10-;/m1./s1. The van der Waals surface area contributed by atoms with Gasteiger partial charge in [-0.3, -0.25) is 10.1 Å². The topological polar surface area (TPSA) is 101 Å². The van der Waals surface area contributed by atoms with Crippen molar-refractivity contribution in [3.8, 4) is 0 Å². The fourth-order valence-corrected chi connectivity index (χ4v) is 3.14. The highest BCUT2D eigenvalue weighted by Gasteiger charge is 2.19. The first kappa shape index (κ1) is 19.8. The van der Waals surface area contributed by atoms with Gasteiger partial charge in [-0.2, -0.15) is 0 Å². The lowest BCUT2D eigenvalue weighted by molar-refractivity contribution is -0.385. The Balaban J connectivity index is 0.00000400. The maximum absolute atomic E-state index is 12.1. The summed E-state index contributed by atoms with van der Waals surface area (Å²) in [6.45, 7) is 6.35. The van der Waals surface area contributed by atoms with E-state index in [-0.39, 0.29) is 35.6 Å². The Bertz CT molecular complexity index is 592. The van der Waals surface area contributed by atoms with E-state index in [1.54, 1.807) is 0 Å². The molecular weight excluding hydrogens is 318 g/mol. The van der Waals surface area contributed by atoms with Gasteiger partial charge in [0.1, 0.15) is 0 Å². The number of rotatable bonds is 7. The van der Waals surface area contributed by atoms with E-state index in [1.807, 2.05) is 13.8 Å². The Morgan fingerprint density at radius 1 is 1.38 bits per heavy atom. The van der Waals surface area contributed by atoms with Crippen LogP contribution in [0.1, 0.15) is 19.4 Å². The third-order valence-corrected chi connectivity index (χ3v) is 4.37. The normalized spacial score (nSPS) is 12.5. The third-order valence-electron chi connectivity index (χ3n) is 2.79. The second kappa shape index (κ2) is 8.28. The first-order valence-electron chi connectivity index (χ1n) is 6.26. The summed E-state index contributed by atoms with van der Waals surface area (Å²) in [4.78, 5) is 10.1. The average molecular weight is 338 g/mol. The van der Waals surface area contributed by atoms with E-state index >= 15 is 0 Å². The Morgan fingerprint density at radius 3 is 2.48 bits per heavy atom. The fourth-order valence-electron chi connectivity index (χ4n) is 1.78. The van der Waals surface area contributed by atoms with Gasteiger partial charge in [0.05, 0.1) is 9.82 Å². The van der Waals surface area contributed by atoms with E-state index in [4.69, 9.17) is 0 Å². The van der Waals surface area contributed by atoms with Gasteiger partial charge in [-0.05, 0) is 32.0 Å². The van der Waals surface area contributed by atoms with Crippen LogP contribution in [0.25, 0.3) is 0 Å². The van der Waals surface area contributed by atoms with Gasteiger partial charge in [0.15, 0.2) is 0 Å². The van der Waals surface area contributed by atoms with Crippen LogP contribution < -0.4 is 10.0 Å². The number of nitro benzene ring substituents is 1. The number of hydrogen-bond acceptors (Lipinski definition) is 5. The van der Waals surface area contributed by atoms with Gasteiger partial charge in [0.25, 0.3) is 5.69 Å². The first-order valence-corrected chi connectivity index (χ1v) is 7.74. The van der Waals surface area contributed by atoms with Crippen LogP contribution in [0.15, 0.2) is 23.1 Å². The van der Waals surface area contributed by atoms with Gasteiger partial charge in [0.2, 0.25) is 10.0 Å². The van der Waals surface area contributed by atoms with Crippen molar-refractivity contribution in [2.75, 3.05) is 13.1 Å². The molecule has 7 nitrogen and oxygen atoms in total. The summed E-state index contributed by atoms with van der Waals surface area (Å²) in [6.07, 6.45) is 0. The highest BCUT2D eigenvalue weighted by atomic mass is 35.5. The molecule has 2 N–H and O–H groups in total. The zero-order valence-electron chi connectivity index (χ0n) is 12.1. The van der Waals surface area contributed by atoms with Gasteiger partial charge in [0, 0.05) is 24.7 Å². The Kier molecular flexibility index (Phi) is 7.80. The minimum absolute atomic E-state index is 0. The lowest BCUT2D eigenvalue weighted by Gasteiger charge is -2.14. The molecule has 0 amide bonds. The van der Waals surface area contributed by atoms with Gasteiger partial charge < -0.3 is 5.32 Å². The van der Waals surface area contributed by atoms with Crippen molar-refractivity contribution in [3.05, 3.63) is 33.9 Å². The number of sulfonamides is 1. The molecule has 0 aliphatic heterocycles. The molecule has 0 fully saturated rings. The molecule has 1 atom stereocenters. The van der Waals surface area contributed by atoms with Crippen LogP contribution in [0.2, 0.25) is 0 Å². The molecule has 0 saturated heterocycles. The highest BCUT2D eigenvalue weighted by molar-refractivity contribution is 7.89. The number of likely N-dealkylation sites (N-methyl/N-ethyl adjacent to an activating group) is 1. The van der Waals surface area contributed by atoms with E-state index in [2.05, 4.69) is 10.0 Å². The highest BCUT2D eigenvalue weighted by Crippen LogP contribution is 2.20. The van der Waals surface area contributed by atoms with E-state index in [1.165, 1.54) is 25.1 Å². The van der Waals surface area contributed by atoms with Gasteiger partial charge in [-0.1, -0.05) is 6.92 Å². The fraction of sp³-hybridized carbons (Fsp3) is 0.500. The van der Waals surface area contributed by atoms with Gasteiger partial charge >= 0.3 is 0 Å². The largest absolute Gasteiger partial charge is 0.313 e. The molecule has 0 aliphatic rings. The number of non-ortho nitro benzene ring substituents is 1. The number of benzene rings is 1. The minimum Gasteiger partial charge on any atom is -0.313 e. The molecule has 0 aromatic heterocycles. The lowest BCUT2D eigenvalue weighted by atomic mass is 10.2. The van der Waals surface area contributed by atoms with Crippen molar-refractivity contribution in [1.82, 2.24) is 10.0 Å². The Labute approximate surface area is 130 Å². The summed E-state index contributed by atoms with van der Waals surface area (Å²) >= 11 is 0. The predicted octanol–water partition coefficient (Wildman–Crippen LogP) is 1.60. The monoisotopic (exact) mass is 337 g/mol. The predicted molar refractivity (Wildman–Crippen MR) is 83.4 cm³/mol. The summed E-state index contributed by atoms with van der Waals surface area (Å²) in [7, 11) is -3.66. The first-order chi connectivity index (χ1) is 9.27. The lowest BCUT2D eigenvalue weighted by Crippen LogP contribution is -2.38. The minimum atomic E-state index is -3.66. The quantitative estimate of drug-likeness (QED) is 0.581. The van der Waals surface area contributed by atoms with Crippen molar-refractivity contribution in [1.29, 1.82) is 0 Å². The maximum Gasteiger partial charge on any atom is 0.269 e. The van der Waals surface area contributed by atoms with E-state index < -0.39 is 14.9 Å².